The van der Waals surface area contributed by atoms with E-state index in [1.165, 1.54) is 12.1 Å². The van der Waals surface area contributed by atoms with Crippen LogP contribution in [-0.2, 0) is 0 Å². The molecule has 1 aliphatic rings. The average Bonchev–Trinajstić information content (AvgIpc) is 2.45. The Bertz CT molecular complexity index is 552. The molecule has 0 unspecified atom stereocenters. The standard InChI is InChI=1S/C13H13F3N2O3/c14-13(15,16)10-3-5-17(6-4-10)12-2-1-11(18(20)21)7-9(12)8-19/h1-2,7-8,10H,3-6H2. The SMILES string of the molecule is O=Cc1cc([N+](=O)[O-])ccc1N1CCC(C(F)(F)F)CC1. The summed E-state index contributed by atoms with van der Waals surface area (Å²) in [7, 11) is 0. The summed E-state index contributed by atoms with van der Waals surface area (Å²) in [6.07, 6.45) is -3.80. The first-order chi connectivity index (χ1) is 9.82. The van der Waals surface area contributed by atoms with Crippen molar-refractivity contribution >= 4 is 17.7 Å². The number of nitro groups is 1. The minimum absolute atomic E-state index is 0.0429. The summed E-state index contributed by atoms with van der Waals surface area (Å²) in [6.45, 7) is 0.339. The highest BCUT2D eigenvalue weighted by molar-refractivity contribution is 5.86. The van der Waals surface area contributed by atoms with E-state index < -0.39 is 17.0 Å². The molecule has 1 aromatic rings. The van der Waals surface area contributed by atoms with Gasteiger partial charge in [-0.3, -0.25) is 14.9 Å². The van der Waals surface area contributed by atoms with Crippen molar-refractivity contribution in [2.24, 2.45) is 5.92 Å². The van der Waals surface area contributed by atoms with E-state index in [-0.39, 0.29) is 37.2 Å². The van der Waals surface area contributed by atoms with Gasteiger partial charge in [0.1, 0.15) is 0 Å². The van der Waals surface area contributed by atoms with Gasteiger partial charge < -0.3 is 4.90 Å². The highest BCUT2D eigenvalue weighted by Crippen LogP contribution is 2.36. The number of aldehydes is 1. The maximum Gasteiger partial charge on any atom is 0.391 e. The summed E-state index contributed by atoms with van der Waals surface area (Å²) >= 11 is 0. The van der Waals surface area contributed by atoms with E-state index in [2.05, 4.69) is 0 Å². The molecule has 0 aromatic heterocycles. The first-order valence-corrected chi connectivity index (χ1v) is 6.38. The minimum Gasteiger partial charge on any atom is -0.371 e. The predicted molar refractivity (Wildman–Crippen MR) is 69.5 cm³/mol. The van der Waals surface area contributed by atoms with E-state index in [9.17, 15) is 28.1 Å². The number of hydrogen-bond donors (Lipinski definition) is 0. The number of benzene rings is 1. The molecule has 0 radical (unpaired) electrons. The number of carbonyl (C=O) groups excluding carboxylic acids is 1. The van der Waals surface area contributed by atoms with Crippen LogP contribution in [0.3, 0.4) is 0 Å². The van der Waals surface area contributed by atoms with Gasteiger partial charge in [-0.15, -0.1) is 0 Å². The maximum atomic E-state index is 12.6. The molecule has 0 atom stereocenters. The number of alkyl halides is 3. The first kappa shape index (κ1) is 15.3. The lowest BCUT2D eigenvalue weighted by molar-refractivity contribution is -0.384. The number of hydrogen-bond acceptors (Lipinski definition) is 4. The fourth-order valence-corrected chi connectivity index (χ4v) is 2.49. The first-order valence-electron chi connectivity index (χ1n) is 6.38. The van der Waals surface area contributed by atoms with Crippen LogP contribution in [0.4, 0.5) is 24.5 Å². The lowest BCUT2D eigenvalue weighted by atomic mass is 9.95. The zero-order valence-electron chi connectivity index (χ0n) is 11.0. The second-order valence-electron chi connectivity index (χ2n) is 4.92. The monoisotopic (exact) mass is 302 g/mol. The molecule has 114 valence electrons. The van der Waals surface area contributed by atoms with Gasteiger partial charge in [-0.2, -0.15) is 13.2 Å². The van der Waals surface area contributed by atoms with Crippen LogP contribution < -0.4 is 4.90 Å². The summed E-state index contributed by atoms with van der Waals surface area (Å²) in [5.74, 6) is -1.33. The van der Waals surface area contributed by atoms with Crippen molar-refractivity contribution in [3.63, 3.8) is 0 Å². The highest BCUT2D eigenvalue weighted by atomic mass is 19.4. The Labute approximate surface area is 118 Å². The van der Waals surface area contributed by atoms with Crippen LogP contribution in [0.2, 0.25) is 0 Å². The number of non-ortho nitro benzene ring substituents is 1. The fraction of sp³-hybridized carbons (Fsp3) is 0.462. The molecule has 1 fully saturated rings. The number of nitro benzene ring substituents is 1. The maximum absolute atomic E-state index is 12.6. The van der Waals surface area contributed by atoms with Crippen LogP contribution in [0.5, 0.6) is 0 Å². The molecule has 0 saturated carbocycles. The Morgan fingerprint density at radius 1 is 1.29 bits per heavy atom. The molecular weight excluding hydrogens is 289 g/mol. The summed E-state index contributed by atoms with van der Waals surface area (Å²) in [4.78, 5) is 22.7. The van der Waals surface area contributed by atoms with Gasteiger partial charge in [0.05, 0.1) is 10.8 Å². The minimum atomic E-state index is -4.20. The zero-order chi connectivity index (χ0) is 15.6. The van der Waals surface area contributed by atoms with Crippen molar-refractivity contribution in [3.05, 3.63) is 33.9 Å². The van der Waals surface area contributed by atoms with E-state index in [0.717, 1.165) is 6.07 Å². The van der Waals surface area contributed by atoms with Crippen molar-refractivity contribution in [2.45, 2.75) is 19.0 Å². The van der Waals surface area contributed by atoms with Crippen molar-refractivity contribution in [1.82, 2.24) is 0 Å². The van der Waals surface area contributed by atoms with Crippen molar-refractivity contribution in [1.29, 1.82) is 0 Å². The number of carbonyl (C=O) groups is 1. The largest absolute Gasteiger partial charge is 0.391 e. The molecule has 0 amide bonds. The van der Waals surface area contributed by atoms with Crippen LogP contribution in [0.25, 0.3) is 0 Å². The lowest BCUT2D eigenvalue weighted by Crippen LogP contribution is -2.39. The topological polar surface area (TPSA) is 63.4 Å². The van der Waals surface area contributed by atoms with Gasteiger partial charge in [0.25, 0.3) is 5.69 Å². The zero-order valence-corrected chi connectivity index (χ0v) is 11.0. The molecule has 0 N–H and O–H groups in total. The van der Waals surface area contributed by atoms with Gasteiger partial charge >= 0.3 is 6.18 Å². The second-order valence-corrected chi connectivity index (χ2v) is 4.92. The molecule has 1 saturated heterocycles. The predicted octanol–water partition coefficient (Wildman–Crippen LogP) is 3.19. The van der Waals surface area contributed by atoms with Crippen LogP contribution in [0.15, 0.2) is 18.2 Å². The lowest BCUT2D eigenvalue weighted by Gasteiger charge is -2.34. The molecule has 0 spiro atoms. The molecule has 8 heteroatoms. The number of piperidine rings is 1. The number of rotatable bonds is 3. The van der Waals surface area contributed by atoms with Gasteiger partial charge in [-0.1, -0.05) is 0 Å². The van der Waals surface area contributed by atoms with E-state index in [4.69, 9.17) is 0 Å². The molecule has 1 aromatic carbocycles. The smallest absolute Gasteiger partial charge is 0.371 e. The Morgan fingerprint density at radius 2 is 1.90 bits per heavy atom. The summed E-state index contributed by atoms with van der Waals surface area (Å²) < 4.78 is 37.8. The highest BCUT2D eigenvalue weighted by Gasteiger charge is 2.41. The Morgan fingerprint density at radius 3 is 2.38 bits per heavy atom. The van der Waals surface area contributed by atoms with Gasteiger partial charge in [0, 0.05) is 36.5 Å². The quantitative estimate of drug-likeness (QED) is 0.488. The molecule has 0 aliphatic carbocycles. The van der Waals surface area contributed by atoms with Gasteiger partial charge in [0.2, 0.25) is 0 Å². The normalized spacial score (nSPS) is 16.8. The molecule has 1 heterocycles. The van der Waals surface area contributed by atoms with Crippen LogP contribution in [0, 0.1) is 16.0 Å². The molecule has 2 rings (SSSR count). The van der Waals surface area contributed by atoms with E-state index in [0.29, 0.717) is 12.0 Å². The summed E-state index contributed by atoms with van der Waals surface area (Å²) in [6, 6.07) is 3.80. The third-order valence-corrected chi connectivity index (χ3v) is 3.65. The third kappa shape index (κ3) is 3.32. The van der Waals surface area contributed by atoms with E-state index >= 15 is 0 Å². The molecular formula is C13H13F3N2O3. The number of anilines is 1. The van der Waals surface area contributed by atoms with Crippen molar-refractivity contribution < 1.29 is 22.9 Å². The van der Waals surface area contributed by atoms with E-state index in [1.807, 2.05) is 0 Å². The van der Waals surface area contributed by atoms with Gasteiger partial charge in [-0.05, 0) is 18.9 Å². The Balaban J connectivity index is 2.17. The molecule has 0 bridgehead atoms. The van der Waals surface area contributed by atoms with Gasteiger partial charge in [0.15, 0.2) is 6.29 Å². The molecule has 5 nitrogen and oxygen atoms in total. The molecule has 1 aliphatic heterocycles. The van der Waals surface area contributed by atoms with Crippen molar-refractivity contribution in [2.75, 3.05) is 18.0 Å². The fourth-order valence-electron chi connectivity index (χ4n) is 2.49. The van der Waals surface area contributed by atoms with Crippen LogP contribution >= 0.6 is 0 Å². The molecule has 21 heavy (non-hydrogen) atoms. The number of nitrogens with zero attached hydrogens (tertiary/aromatic N) is 2. The number of halogens is 3. The second kappa shape index (κ2) is 5.71. The summed E-state index contributed by atoms with van der Waals surface area (Å²) in [5, 5.41) is 10.7. The average molecular weight is 302 g/mol. The Hall–Kier alpha value is -2.12. The summed E-state index contributed by atoms with van der Waals surface area (Å²) in [5.41, 5.74) is 0.344. The third-order valence-electron chi connectivity index (χ3n) is 3.65. The van der Waals surface area contributed by atoms with Crippen LogP contribution in [-0.4, -0.2) is 30.5 Å². The van der Waals surface area contributed by atoms with Crippen LogP contribution in [0.1, 0.15) is 23.2 Å². The van der Waals surface area contributed by atoms with Gasteiger partial charge in [-0.25, -0.2) is 0 Å². The Kier molecular flexibility index (Phi) is 4.15. The van der Waals surface area contributed by atoms with E-state index in [1.54, 1.807) is 4.90 Å². The van der Waals surface area contributed by atoms with Crippen molar-refractivity contribution in [3.8, 4) is 0 Å².